The molecule has 0 radical (unpaired) electrons. The van der Waals surface area contributed by atoms with E-state index in [1.54, 1.807) is 12.1 Å². The Morgan fingerprint density at radius 1 is 1.07 bits per heavy atom. The molecular formula is C22H26O4S. The largest absolute Gasteiger partial charge is 0.491 e. The number of thioether (sulfide) groups is 1. The normalized spacial score (nSPS) is 16.1. The van der Waals surface area contributed by atoms with Gasteiger partial charge in [0.15, 0.2) is 0 Å². The first kappa shape index (κ1) is 19.8. The van der Waals surface area contributed by atoms with E-state index in [0.717, 1.165) is 57.9 Å². The smallest absolute Gasteiger partial charge is 0.335 e. The van der Waals surface area contributed by atoms with Crippen LogP contribution in [0.15, 0.2) is 30.3 Å². The molecule has 27 heavy (non-hydrogen) atoms. The summed E-state index contributed by atoms with van der Waals surface area (Å²) in [6.45, 7) is 6.31. The van der Waals surface area contributed by atoms with Crippen molar-refractivity contribution in [2.45, 2.75) is 39.2 Å². The number of carboxylic acid groups (broad SMARTS) is 1. The molecule has 144 valence electrons. The van der Waals surface area contributed by atoms with Crippen LogP contribution in [0.2, 0.25) is 0 Å². The quantitative estimate of drug-likeness (QED) is 0.785. The van der Waals surface area contributed by atoms with Crippen molar-refractivity contribution in [1.82, 2.24) is 0 Å². The van der Waals surface area contributed by atoms with Gasteiger partial charge in [-0.1, -0.05) is 6.07 Å². The maximum atomic E-state index is 11.3. The van der Waals surface area contributed by atoms with Crippen molar-refractivity contribution in [2.24, 2.45) is 0 Å². The third-order valence-electron chi connectivity index (χ3n) is 5.19. The van der Waals surface area contributed by atoms with Gasteiger partial charge in [0.25, 0.3) is 0 Å². The van der Waals surface area contributed by atoms with E-state index in [2.05, 4.69) is 0 Å². The third kappa shape index (κ3) is 4.47. The van der Waals surface area contributed by atoms with Gasteiger partial charge in [-0.3, -0.25) is 0 Å². The van der Waals surface area contributed by atoms with Crippen molar-refractivity contribution in [3.63, 3.8) is 0 Å². The van der Waals surface area contributed by atoms with Crippen LogP contribution >= 0.6 is 11.8 Å². The van der Waals surface area contributed by atoms with Crippen LogP contribution in [-0.4, -0.2) is 39.9 Å². The van der Waals surface area contributed by atoms with Crippen LogP contribution in [0.1, 0.15) is 39.9 Å². The number of hydrogen-bond acceptors (Lipinski definition) is 4. The molecule has 1 aliphatic rings. The van der Waals surface area contributed by atoms with Crippen LogP contribution in [0.5, 0.6) is 5.75 Å². The molecule has 1 fully saturated rings. The first-order valence-electron chi connectivity index (χ1n) is 9.17. The zero-order valence-corrected chi connectivity index (χ0v) is 16.9. The van der Waals surface area contributed by atoms with E-state index >= 15 is 0 Å². The van der Waals surface area contributed by atoms with Crippen molar-refractivity contribution in [2.75, 3.05) is 18.1 Å². The zero-order valence-electron chi connectivity index (χ0n) is 16.0. The Labute approximate surface area is 164 Å². The van der Waals surface area contributed by atoms with Gasteiger partial charge in [0.1, 0.15) is 18.0 Å². The number of aliphatic hydroxyl groups is 1. The molecule has 0 spiro atoms. The Kier molecular flexibility index (Phi) is 5.82. The number of benzene rings is 2. The summed E-state index contributed by atoms with van der Waals surface area (Å²) >= 11 is 1.87. The highest BCUT2D eigenvalue weighted by Gasteiger charge is 2.30. The van der Waals surface area contributed by atoms with E-state index < -0.39 is 11.6 Å². The number of aromatic carboxylic acids is 1. The number of ether oxygens (including phenoxy) is 1. The van der Waals surface area contributed by atoms with Gasteiger partial charge in [0, 0.05) is 0 Å². The Morgan fingerprint density at radius 2 is 1.70 bits per heavy atom. The van der Waals surface area contributed by atoms with E-state index in [1.165, 1.54) is 0 Å². The summed E-state index contributed by atoms with van der Waals surface area (Å²) in [7, 11) is 0. The molecule has 4 nitrogen and oxygen atoms in total. The minimum absolute atomic E-state index is 0.284. The standard InChI is InChI=1S/C22H26O4S/c1-14-4-5-17(21(23)24)12-19(14)20-15(2)10-18(11-16(20)3)26-13-22(25)6-8-27-9-7-22/h4-5,10-12,25H,6-9,13H2,1-3H3,(H,23,24). The Morgan fingerprint density at radius 3 is 2.30 bits per heavy atom. The molecule has 1 aliphatic heterocycles. The SMILES string of the molecule is Cc1ccc(C(=O)O)cc1-c1c(C)cc(OCC2(O)CCSCC2)cc1C. The lowest BCUT2D eigenvalue weighted by molar-refractivity contribution is -0.0116. The van der Waals surface area contributed by atoms with Crippen molar-refractivity contribution in [3.05, 3.63) is 52.6 Å². The topological polar surface area (TPSA) is 66.8 Å². The van der Waals surface area contributed by atoms with Crippen LogP contribution < -0.4 is 4.74 Å². The van der Waals surface area contributed by atoms with Crippen molar-refractivity contribution in [3.8, 4) is 16.9 Å². The Balaban J connectivity index is 1.87. The van der Waals surface area contributed by atoms with Gasteiger partial charge in [-0.25, -0.2) is 4.79 Å². The number of carbonyl (C=O) groups is 1. The minimum Gasteiger partial charge on any atom is -0.491 e. The highest BCUT2D eigenvalue weighted by atomic mass is 32.2. The Hall–Kier alpha value is -1.98. The maximum absolute atomic E-state index is 11.3. The fourth-order valence-corrected chi connectivity index (χ4v) is 4.82. The van der Waals surface area contributed by atoms with E-state index in [9.17, 15) is 15.0 Å². The molecule has 2 N–H and O–H groups in total. The lowest BCUT2D eigenvalue weighted by atomic mass is 9.91. The molecular weight excluding hydrogens is 360 g/mol. The highest BCUT2D eigenvalue weighted by Crippen LogP contribution is 2.34. The van der Waals surface area contributed by atoms with Crippen LogP contribution in [0.4, 0.5) is 0 Å². The maximum Gasteiger partial charge on any atom is 0.335 e. The van der Waals surface area contributed by atoms with E-state index in [1.807, 2.05) is 50.7 Å². The van der Waals surface area contributed by atoms with Crippen LogP contribution in [0.25, 0.3) is 11.1 Å². The van der Waals surface area contributed by atoms with Crippen molar-refractivity contribution >= 4 is 17.7 Å². The van der Waals surface area contributed by atoms with Gasteiger partial charge >= 0.3 is 5.97 Å². The molecule has 0 amide bonds. The monoisotopic (exact) mass is 386 g/mol. The fraction of sp³-hybridized carbons (Fsp3) is 0.409. The summed E-state index contributed by atoms with van der Waals surface area (Å²) in [5.41, 5.74) is 4.61. The summed E-state index contributed by atoms with van der Waals surface area (Å²) in [4.78, 5) is 11.3. The van der Waals surface area contributed by atoms with Gasteiger partial charge in [0.2, 0.25) is 0 Å². The molecule has 0 bridgehead atoms. The lowest BCUT2D eigenvalue weighted by Gasteiger charge is -2.31. The van der Waals surface area contributed by atoms with Gasteiger partial charge in [-0.15, -0.1) is 0 Å². The average Bonchev–Trinajstić information content (AvgIpc) is 2.61. The van der Waals surface area contributed by atoms with Gasteiger partial charge in [-0.2, -0.15) is 11.8 Å². The second-order valence-corrected chi connectivity index (χ2v) is 8.62. The molecule has 1 heterocycles. The second-order valence-electron chi connectivity index (χ2n) is 7.39. The van der Waals surface area contributed by atoms with E-state index in [4.69, 9.17) is 4.74 Å². The summed E-state index contributed by atoms with van der Waals surface area (Å²) in [5, 5.41) is 19.9. The lowest BCUT2D eigenvalue weighted by Crippen LogP contribution is -2.39. The molecule has 0 atom stereocenters. The molecule has 3 rings (SSSR count). The summed E-state index contributed by atoms with van der Waals surface area (Å²) in [6.07, 6.45) is 1.52. The predicted molar refractivity (Wildman–Crippen MR) is 110 cm³/mol. The zero-order chi connectivity index (χ0) is 19.6. The van der Waals surface area contributed by atoms with E-state index in [0.29, 0.717) is 6.61 Å². The fourth-order valence-electron chi connectivity index (χ4n) is 3.57. The average molecular weight is 387 g/mol. The van der Waals surface area contributed by atoms with Gasteiger partial charge in [0.05, 0.1) is 5.56 Å². The summed E-state index contributed by atoms with van der Waals surface area (Å²) < 4.78 is 5.94. The van der Waals surface area contributed by atoms with Crippen LogP contribution in [0.3, 0.4) is 0 Å². The van der Waals surface area contributed by atoms with Gasteiger partial charge in [-0.05, 0) is 97.2 Å². The molecule has 0 aliphatic carbocycles. The number of rotatable bonds is 5. The second kappa shape index (κ2) is 7.95. The highest BCUT2D eigenvalue weighted by molar-refractivity contribution is 7.99. The molecule has 2 aromatic carbocycles. The van der Waals surface area contributed by atoms with Crippen molar-refractivity contribution < 1.29 is 19.7 Å². The van der Waals surface area contributed by atoms with Crippen molar-refractivity contribution in [1.29, 1.82) is 0 Å². The summed E-state index contributed by atoms with van der Waals surface area (Å²) in [5.74, 6) is 1.75. The number of hydrogen-bond donors (Lipinski definition) is 2. The molecule has 0 aromatic heterocycles. The Bertz CT molecular complexity index is 830. The van der Waals surface area contributed by atoms with E-state index in [-0.39, 0.29) is 5.56 Å². The first-order chi connectivity index (χ1) is 12.8. The molecule has 1 saturated heterocycles. The van der Waals surface area contributed by atoms with Crippen LogP contribution in [-0.2, 0) is 0 Å². The van der Waals surface area contributed by atoms with Crippen LogP contribution in [0, 0.1) is 20.8 Å². The predicted octanol–water partition coefficient (Wildman–Crippen LogP) is 4.61. The van der Waals surface area contributed by atoms with Gasteiger partial charge < -0.3 is 14.9 Å². The molecule has 0 saturated carbocycles. The molecule has 2 aromatic rings. The minimum atomic E-state index is -0.926. The molecule has 0 unspecified atom stereocenters. The first-order valence-corrected chi connectivity index (χ1v) is 10.3. The third-order valence-corrected chi connectivity index (χ3v) is 6.18. The number of carboxylic acids is 1. The number of aryl methyl sites for hydroxylation is 3. The summed E-state index contributed by atoms with van der Waals surface area (Å²) in [6, 6.07) is 9.15. The molecule has 5 heteroatoms.